The Balaban J connectivity index is 1.96. The number of thiophene rings is 1. The maximum atomic E-state index is 13.2. The summed E-state index contributed by atoms with van der Waals surface area (Å²) < 4.78 is 18.9. The number of hydrogen-bond acceptors (Lipinski definition) is 4. The van der Waals surface area contributed by atoms with Gasteiger partial charge in [-0.25, -0.2) is 9.37 Å². The summed E-state index contributed by atoms with van der Waals surface area (Å²) in [6.45, 7) is 5.63. The SMILES string of the molecule is Cc1sc2nc([C@@H](C)Oc3ccc(F)c(Cl)c3)[nH]c(=O)c2c1C. The van der Waals surface area contributed by atoms with Gasteiger partial charge in [-0.15, -0.1) is 11.3 Å². The van der Waals surface area contributed by atoms with Crippen LogP contribution in [0.15, 0.2) is 23.0 Å². The lowest BCUT2D eigenvalue weighted by Gasteiger charge is -2.14. The number of nitrogens with one attached hydrogen (secondary N) is 1. The first-order valence-corrected chi connectivity index (χ1v) is 8.18. The highest BCUT2D eigenvalue weighted by molar-refractivity contribution is 7.18. The lowest BCUT2D eigenvalue weighted by Crippen LogP contribution is -2.16. The Kier molecular flexibility index (Phi) is 4.12. The van der Waals surface area contributed by atoms with Crippen molar-refractivity contribution < 1.29 is 9.13 Å². The average Bonchev–Trinajstić information content (AvgIpc) is 2.78. The summed E-state index contributed by atoms with van der Waals surface area (Å²) in [6, 6.07) is 4.10. The molecule has 1 atom stereocenters. The Morgan fingerprint density at radius 1 is 1.39 bits per heavy atom. The molecule has 3 rings (SSSR count). The van der Waals surface area contributed by atoms with Gasteiger partial charge in [0.1, 0.15) is 16.4 Å². The van der Waals surface area contributed by atoms with Crippen molar-refractivity contribution in [3.63, 3.8) is 0 Å². The van der Waals surface area contributed by atoms with Crippen molar-refractivity contribution in [3.05, 3.63) is 55.7 Å². The van der Waals surface area contributed by atoms with Gasteiger partial charge in [-0.2, -0.15) is 0 Å². The van der Waals surface area contributed by atoms with Gasteiger partial charge in [-0.1, -0.05) is 11.6 Å². The fourth-order valence-corrected chi connectivity index (χ4v) is 3.48. The molecule has 0 bridgehead atoms. The van der Waals surface area contributed by atoms with Crippen LogP contribution in [0.5, 0.6) is 5.75 Å². The molecular formula is C16H14ClFN2O2S. The largest absolute Gasteiger partial charge is 0.483 e. The first-order chi connectivity index (χ1) is 10.9. The van der Waals surface area contributed by atoms with E-state index in [1.165, 1.54) is 29.5 Å². The summed E-state index contributed by atoms with van der Waals surface area (Å²) in [5.74, 6) is 0.318. The highest BCUT2D eigenvalue weighted by atomic mass is 35.5. The van der Waals surface area contributed by atoms with Gasteiger partial charge < -0.3 is 9.72 Å². The van der Waals surface area contributed by atoms with E-state index >= 15 is 0 Å². The van der Waals surface area contributed by atoms with Gasteiger partial charge in [0.25, 0.3) is 5.56 Å². The molecule has 2 aromatic heterocycles. The number of aromatic nitrogens is 2. The maximum Gasteiger partial charge on any atom is 0.260 e. The fourth-order valence-electron chi connectivity index (χ4n) is 2.27. The van der Waals surface area contributed by atoms with Crippen molar-refractivity contribution in [1.82, 2.24) is 9.97 Å². The van der Waals surface area contributed by atoms with Gasteiger partial charge in [0.15, 0.2) is 11.9 Å². The molecule has 0 saturated carbocycles. The number of benzene rings is 1. The van der Waals surface area contributed by atoms with Gasteiger partial charge in [0, 0.05) is 10.9 Å². The number of hydrogen-bond donors (Lipinski definition) is 1. The number of nitrogens with zero attached hydrogens (tertiary/aromatic N) is 1. The number of halogens is 2. The maximum absolute atomic E-state index is 13.2. The van der Waals surface area contributed by atoms with Gasteiger partial charge >= 0.3 is 0 Å². The Morgan fingerprint density at radius 2 is 2.13 bits per heavy atom. The minimum absolute atomic E-state index is 0.0175. The van der Waals surface area contributed by atoms with Gasteiger partial charge in [-0.05, 0) is 38.5 Å². The normalized spacial score (nSPS) is 12.6. The molecule has 0 aliphatic carbocycles. The highest BCUT2D eigenvalue weighted by Gasteiger charge is 2.16. The highest BCUT2D eigenvalue weighted by Crippen LogP contribution is 2.28. The second kappa shape index (κ2) is 5.94. The van der Waals surface area contributed by atoms with Crippen LogP contribution >= 0.6 is 22.9 Å². The third-order valence-electron chi connectivity index (χ3n) is 3.65. The van der Waals surface area contributed by atoms with E-state index in [9.17, 15) is 9.18 Å². The van der Waals surface area contributed by atoms with E-state index in [0.717, 1.165) is 10.4 Å². The molecule has 0 aliphatic rings. The van der Waals surface area contributed by atoms with Gasteiger partial charge in [-0.3, -0.25) is 4.79 Å². The van der Waals surface area contributed by atoms with E-state index in [2.05, 4.69) is 9.97 Å². The number of fused-ring (bicyclic) bond motifs is 1. The van der Waals surface area contributed by atoms with E-state index in [-0.39, 0.29) is 10.6 Å². The van der Waals surface area contributed by atoms with E-state index in [1.807, 2.05) is 13.8 Å². The monoisotopic (exact) mass is 352 g/mol. The number of aryl methyl sites for hydroxylation is 2. The quantitative estimate of drug-likeness (QED) is 0.753. The first-order valence-electron chi connectivity index (χ1n) is 6.98. The zero-order valence-corrected chi connectivity index (χ0v) is 14.3. The Morgan fingerprint density at radius 3 is 2.83 bits per heavy atom. The van der Waals surface area contributed by atoms with Gasteiger partial charge in [0.05, 0.1) is 10.4 Å². The van der Waals surface area contributed by atoms with E-state index in [0.29, 0.717) is 21.8 Å². The molecule has 1 N–H and O–H groups in total. The van der Waals surface area contributed by atoms with Crippen molar-refractivity contribution in [1.29, 1.82) is 0 Å². The summed E-state index contributed by atoms with van der Waals surface area (Å²) in [5, 5.41) is 0.601. The standard InChI is InChI=1S/C16H14ClFN2O2S/c1-7-9(3)23-16-13(7)15(21)19-14(20-16)8(2)22-10-4-5-12(18)11(17)6-10/h4-6,8H,1-3H3,(H,19,20,21)/t8-/m1/s1. The molecule has 0 radical (unpaired) electrons. The molecule has 7 heteroatoms. The van der Waals surface area contributed by atoms with Gasteiger partial charge in [0.2, 0.25) is 0 Å². The van der Waals surface area contributed by atoms with Crippen LogP contribution in [0.2, 0.25) is 5.02 Å². The summed E-state index contributed by atoms with van der Waals surface area (Å²) in [6.07, 6.45) is -0.503. The third kappa shape index (κ3) is 2.96. The minimum Gasteiger partial charge on any atom is -0.483 e. The lowest BCUT2D eigenvalue weighted by atomic mass is 10.2. The van der Waals surface area contributed by atoms with E-state index in [4.69, 9.17) is 16.3 Å². The zero-order valence-electron chi connectivity index (χ0n) is 12.7. The summed E-state index contributed by atoms with van der Waals surface area (Å²) in [5.41, 5.74) is 0.767. The molecule has 1 aromatic carbocycles. The van der Waals surface area contributed by atoms with Crippen LogP contribution in [-0.2, 0) is 0 Å². The topological polar surface area (TPSA) is 55.0 Å². The molecule has 0 unspecified atom stereocenters. The zero-order chi connectivity index (χ0) is 16.7. The fraction of sp³-hybridized carbons (Fsp3) is 0.250. The van der Waals surface area contributed by atoms with Crippen LogP contribution in [0, 0.1) is 19.7 Å². The van der Waals surface area contributed by atoms with Crippen LogP contribution < -0.4 is 10.3 Å². The predicted molar refractivity (Wildman–Crippen MR) is 90.2 cm³/mol. The summed E-state index contributed by atoms with van der Waals surface area (Å²) >= 11 is 7.22. The van der Waals surface area contributed by atoms with Crippen LogP contribution in [0.3, 0.4) is 0 Å². The Labute approximate surface area is 140 Å². The molecule has 0 saturated heterocycles. The Hall–Kier alpha value is -1.92. The van der Waals surface area contributed by atoms with Crippen molar-refractivity contribution in [2.24, 2.45) is 0 Å². The molecule has 0 amide bonds. The molecule has 3 aromatic rings. The van der Waals surface area contributed by atoms with E-state index < -0.39 is 11.9 Å². The van der Waals surface area contributed by atoms with Crippen molar-refractivity contribution in [3.8, 4) is 5.75 Å². The number of aromatic amines is 1. The van der Waals surface area contributed by atoms with Crippen molar-refractivity contribution in [2.45, 2.75) is 26.9 Å². The smallest absolute Gasteiger partial charge is 0.260 e. The van der Waals surface area contributed by atoms with Crippen LogP contribution in [0.4, 0.5) is 4.39 Å². The molecule has 23 heavy (non-hydrogen) atoms. The summed E-state index contributed by atoms with van der Waals surface area (Å²) in [4.78, 5) is 21.3. The minimum atomic E-state index is -0.510. The van der Waals surface area contributed by atoms with Crippen LogP contribution in [-0.4, -0.2) is 9.97 Å². The number of H-pyrrole nitrogens is 1. The average molecular weight is 353 g/mol. The molecule has 0 aliphatic heterocycles. The predicted octanol–water partition coefficient (Wildman–Crippen LogP) is 4.53. The van der Waals surface area contributed by atoms with Crippen LogP contribution in [0.1, 0.15) is 29.3 Å². The number of rotatable bonds is 3. The van der Waals surface area contributed by atoms with Crippen LogP contribution in [0.25, 0.3) is 10.2 Å². The molecule has 0 fully saturated rings. The molecule has 2 heterocycles. The van der Waals surface area contributed by atoms with Crippen molar-refractivity contribution >= 4 is 33.2 Å². The Bertz CT molecular complexity index is 951. The summed E-state index contributed by atoms with van der Waals surface area (Å²) in [7, 11) is 0. The van der Waals surface area contributed by atoms with E-state index in [1.54, 1.807) is 6.92 Å². The lowest BCUT2D eigenvalue weighted by molar-refractivity contribution is 0.216. The molecule has 4 nitrogen and oxygen atoms in total. The second-order valence-corrected chi connectivity index (χ2v) is 6.86. The molecule has 120 valence electrons. The molecular weight excluding hydrogens is 339 g/mol. The van der Waals surface area contributed by atoms with Crippen molar-refractivity contribution in [2.75, 3.05) is 0 Å². The second-order valence-electron chi connectivity index (χ2n) is 5.25. The molecule has 0 spiro atoms. The third-order valence-corrected chi connectivity index (χ3v) is 5.04. The number of ether oxygens (including phenoxy) is 1. The first kappa shape index (κ1) is 16.0.